The molecule has 2 aromatic rings. The normalized spacial score (nSPS) is 11.2. The molecule has 1 aromatic carbocycles. The molecule has 11 heteroatoms. The van der Waals surface area contributed by atoms with Gasteiger partial charge in [-0.25, -0.2) is 0 Å². The molecule has 0 aliphatic heterocycles. The molecule has 1 heterocycles. The van der Waals surface area contributed by atoms with Gasteiger partial charge in [0.15, 0.2) is 0 Å². The van der Waals surface area contributed by atoms with Gasteiger partial charge in [0, 0.05) is 0 Å². The van der Waals surface area contributed by atoms with Crippen molar-refractivity contribution in [2.24, 2.45) is 5.73 Å². The van der Waals surface area contributed by atoms with Gasteiger partial charge in [0.05, 0.1) is 14.7 Å². The molecule has 0 aliphatic carbocycles. The zero-order valence-corrected chi connectivity index (χ0v) is 13.9. The number of nitrogens with one attached hydrogen (secondary N) is 1. The molecule has 2 amide bonds. The van der Waals surface area contributed by atoms with Crippen LogP contribution < -0.4 is 15.8 Å². The average Bonchev–Trinajstić information content (AvgIpc) is 2.90. The number of rotatable bonds is 6. The summed E-state index contributed by atoms with van der Waals surface area (Å²) in [5.41, 5.74) is 5.21. The molecule has 0 fully saturated rings. The van der Waals surface area contributed by atoms with Crippen LogP contribution >= 0.6 is 23.1 Å². The van der Waals surface area contributed by atoms with Gasteiger partial charge in [0.25, 0.3) is 11.8 Å². The molecule has 1 aromatic heterocycles. The minimum Gasteiger partial charge on any atom is -0.405 e. The molecule has 0 bridgehead atoms. The predicted molar refractivity (Wildman–Crippen MR) is 85.8 cm³/mol. The van der Waals surface area contributed by atoms with Crippen molar-refractivity contribution in [2.75, 3.05) is 11.9 Å². The summed E-state index contributed by atoms with van der Waals surface area (Å²) in [6, 6.07) is 6.84. The van der Waals surface area contributed by atoms with Crippen LogP contribution in [0.25, 0.3) is 0 Å². The highest BCUT2D eigenvalue weighted by Gasteiger charge is 2.32. The zero-order chi connectivity index (χ0) is 18.6. The molecule has 0 atom stereocenters. The average molecular weight is 392 g/mol. The second kappa shape index (κ2) is 7.76. The summed E-state index contributed by atoms with van der Waals surface area (Å²) in [6.45, 7) is -0.791. The number of para-hydroxylation sites is 1. The molecule has 25 heavy (non-hydrogen) atoms. The first-order valence-corrected chi connectivity index (χ1v) is 8.20. The van der Waals surface area contributed by atoms with Crippen LogP contribution in [0.2, 0.25) is 0 Å². The molecule has 0 saturated carbocycles. The topological polar surface area (TPSA) is 102 Å². The van der Waals surface area contributed by atoms with Crippen LogP contribution in [0, 0.1) is 0 Å². The van der Waals surface area contributed by atoms with Gasteiger partial charge >= 0.3 is 6.36 Å². The Hall–Kier alpha value is -2.24. The van der Waals surface area contributed by atoms with Crippen LogP contribution in [0.1, 0.15) is 10.4 Å². The number of thiophene rings is 1. The minimum atomic E-state index is -4.84. The maximum atomic E-state index is 12.5. The fraction of sp³-hybridized carbons (Fsp3) is 0.143. The molecule has 0 spiro atoms. The molecule has 0 saturated heterocycles. The monoisotopic (exact) mass is 392 g/mol. The SMILES string of the molecule is NC(=O)c1cc(Sc2ccccc2OC(F)(F)F)sc1NC(=O)CO. The summed E-state index contributed by atoms with van der Waals surface area (Å²) >= 11 is 1.85. The molecule has 0 unspecified atom stereocenters. The third kappa shape index (κ3) is 5.37. The Morgan fingerprint density at radius 3 is 2.60 bits per heavy atom. The van der Waals surface area contributed by atoms with Crippen molar-refractivity contribution in [3.05, 3.63) is 35.9 Å². The smallest absolute Gasteiger partial charge is 0.405 e. The first kappa shape index (κ1) is 19.1. The van der Waals surface area contributed by atoms with Crippen LogP contribution in [-0.4, -0.2) is 29.9 Å². The summed E-state index contributed by atoms with van der Waals surface area (Å²) in [4.78, 5) is 22.9. The van der Waals surface area contributed by atoms with Crippen molar-refractivity contribution in [3.8, 4) is 5.75 Å². The lowest BCUT2D eigenvalue weighted by Crippen LogP contribution is -2.18. The number of aliphatic hydroxyl groups excluding tert-OH is 1. The highest BCUT2D eigenvalue weighted by atomic mass is 32.2. The quantitative estimate of drug-likeness (QED) is 0.702. The van der Waals surface area contributed by atoms with Gasteiger partial charge in [-0.1, -0.05) is 23.9 Å². The Morgan fingerprint density at radius 1 is 1.32 bits per heavy atom. The van der Waals surface area contributed by atoms with Crippen LogP contribution in [-0.2, 0) is 4.79 Å². The van der Waals surface area contributed by atoms with E-state index in [1.165, 1.54) is 24.3 Å². The van der Waals surface area contributed by atoms with E-state index in [-0.39, 0.29) is 15.5 Å². The Balaban J connectivity index is 2.30. The van der Waals surface area contributed by atoms with Gasteiger partial charge < -0.3 is 20.9 Å². The maximum Gasteiger partial charge on any atom is 0.573 e. The van der Waals surface area contributed by atoms with E-state index >= 15 is 0 Å². The second-order valence-electron chi connectivity index (χ2n) is 4.48. The largest absolute Gasteiger partial charge is 0.573 e. The Morgan fingerprint density at radius 2 is 2.00 bits per heavy atom. The number of amides is 2. The molecule has 6 nitrogen and oxygen atoms in total. The number of primary amides is 1. The fourth-order valence-corrected chi connectivity index (χ4v) is 3.96. The highest BCUT2D eigenvalue weighted by molar-refractivity contribution is 8.01. The molecule has 4 N–H and O–H groups in total. The van der Waals surface area contributed by atoms with E-state index in [1.54, 1.807) is 0 Å². The predicted octanol–water partition coefficient (Wildman–Crippen LogP) is 2.83. The summed E-state index contributed by atoms with van der Waals surface area (Å²) in [7, 11) is 0. The zero-order valence-electron chi connectivity index (χ0n) is 12.3. The Bertz CT molecular complexity index is 793. The van der Waals surface area contributed by atoms with Crippen LogP contribution in [0.3, 0.4) is 0 Å². The van der Waals surface area contributed by atoms with Crippen molar-refractivity contribution in [1.82, 2.24) is 0 Å². The van der Waals surface area contributed by atoms with Crippen molar-refractivity contribution < 1.29 is 32.6 Å². The van der Waals surface area contributed by atoms with Crippen molar-refractivity contribution in [1.29, 1.82) is 0 Å². The van der Waals surface area contributed by atoms with Gasteiger partial charge in [-0.15, -0.1) is 24.5 Å². The highest BCUT2D eigenvalue weighted by Crippen LogP contribution is 2.42. The minimum absolute atomic E-state index is 0.0106. The summed E-state index contributed by atoms with van der Waals surface area (Å²) in [5, 5.41) is 11.2. The molecule has 2 rings (SSSR count). The van der Waals surface area contributed by atoms with Gasteiger partial charge in [-0.05, 0) is 18.2 Å². The van der Waals surface area contributed by atoms with E-state index in [9.17, 15) is 22.8 Å². The van der Waals surface area contributed by atoms with E-state index in [0.717, 1.165) is 29.2 Å². The second-order valence-corrected chi connectivity index (χ2v) is 6.87. The van der Waals surface area contributed by atoms with Gasteiger partial charge in [-0.3, -0.25) is 9.59 Å². The van der Waals surface area contributed by atoms with Gasteiger partial charge in [0.2, 0.25) is 0 Å². The number of carbonyl (C=O) groups excluding carboxylic acids is 2. The lowest BCUT2D eigenvalue weighted by atomic mass is 10.3. The number of benzene rings is 1. The molecule has 134 valence electrons. The van der Waals surface area contributed by atoms with Crippen molar-refractivity contribution in [3.63, 3.8) is 0 Å². The van der Waals surface area contributed by atoms with Gasteiger partial charge in [0.1, 0.15) is 17.4 Å². The molecular formula is C14H11F3N2O4S2. The lowest BCUT2D eigenvalue weighted by Gasteiger charge is -2.12. The summed E-state index contributed by atoms with van der Waals surface area (Å²) in [5.74, 6) is -1.96. The first-order chi connectivity index (χ1) is 11.7. The van der Waals surface area contributed by atoms with Crippen LogP contribution in [0.15, 0.2) is 39.4 Å². The third-order valence-electron chi connectivity index (χ3n) is 2.66. The van der Waals surface area contributed by atoms with E-state index < -0.39 is 30.5 Å². The van der Waals surface area contributed by atoms with Crippen molar-refractivity contribution >= 4 is 39.9 Å². The van der Waals surface area contributed by atoms with Crippen LogP contribution in [0.5, 0.6) is 5.75 Å². The number of ether oxygens (including phenoxy) is 1. The number of halogens is 3. The van der Waals surface area contributed by atoms with E-state index in [0.29, 0.717) is 4.21 Å². The number of nitrogens with two attached hydrogens (primary N) is 1. The number of carbonyl (C=O) groups is 2. The number of hydrogen-bond donors (Lipinski definition) is 3. The van der Waals surface area contributed by atoms with E-state index in [2.05, 4.69) is 10.1 Å². The van der Waals surface area contributed by atoms with Crippen molar-refractivity contribution in [2.45, 2.75) is 15.5 Å². The lowest BCUT2D eigenvalue weighted by molar-refractivity contribution is -0.275. The van der Waals surface area contributed by atoms with Gasteiger partial charge in [-0.2, -0.15) is 0 Å². The Kier molecular flexibility index (Phi) is 5.93. The fourth-order valence-electron chi connectivity index (χ4n) is 1.71. The number of alkyl halides is 3. The maximum absolute atomic E-state index is 12.5. The van der Waals surface area contributed by atoms with E-state index in [1.807, 2.05) is 0 Å². The molecule has 0 aliphatic rings. The Labute approximate surface area is 147 Å². The summed E-state index contributed by atoms with van der Waals surface area (Å²) < 4.78 is 41.7. The third-order valence-corrected chi connectivity index (χ3v) is 4.88. The number of anilines is 1. The standard InChI is InChI=1S/C14H11F3N2O4S2/c15-14(16,17)23-8-3-1-2-4-9(8)24-11-5-7(12(18)22)13(25-11)19-10(21)6-20/h1-5,20H,6H2,(H2,18,22)(H,19,21). The van der Waals surface area contributed by atoms with E-state index in [4.69, 9.17) is 10.8 Å². The van der Waals surface area contributed by atoms with Crippen LogP contribution in [0.4, 0.5) is 18.2 Å². The molecular weight excluding hydrogens is 381 g/mol. The first-order valence-electron chi connectivity index (χ1n) is 6.56. The number of hydrogen-bond acceptors (Lipinski definition) is 6. The number of aliphatic hydroxyl groups is 1. The summed E-state index contributed by atoms with van der Waals surface area (Å²) in [6.07, 6.45) is -4.84. The molecule has 0 radical (unpaired) electrons.